The maximum atomic E-state index is 14.1. The van der Waals surface area contributed by atoms with Gasteiger partial charge in [-0.3, -0.25) is 14.4 Å². The molecule has 3 amide bonds. The van der Waals surface area contributed by atoms with Gasteiger partial charge in [0, 0.05) is 132 Å². The second-order valence-corrected chi connectivity index (χ2v) is 35.6. The molecule has 0 aliphatic carbocycles. The molecule has 16 rings (SSSR count). The molecule has 0 bridgehead atoms. The SMILES string of the molecule is C=CC(=O)N1CCN(c2nc(OC[C@@H]3CCCN3C)nc3c2CCN(c2cccc4ccccc24)C3)CC1COC.[C-]#[N+]C[C@H]1CN(c2nc(OC[C@@H]3CCCN3C)nc3c2CCN(c2cccc(Cl)c2C(F)(F)F)C3)CCN1C(=O)/C=C/CC(C)C.[C-]#[N+]C[C@H]1CN(c2nc(OC[C@@H]3CCCN3C)nc3c2CCN(c2cccc(Cl)c2C(F)(F)F)C3)CCN1C(=O)C=C. The topological polar surface area (TPSA) is 213 Å². The first-order valence-corrected chi connectivity index (χ1v) is 45.2. The van der Waals surface area contributed by atoms with Crippen LogP contribution in [0.4, 0.5) is 60.9 Å². The maximum Gasteiger partial charge on any atom is 0.419 e. The zero-order chi connectivity index (χ0) is 91.4. The van der Waals surface area contributed by atoms with Crippen molar-refractivity contribution in [2.24, 2.45) is 5.92 Å². The van der Waals surface area contributed by atoms with Gasteiger partial charge in [-0.05, 0) is 165 Å². The molecule has 9 aliphatic rings. The number of allylic oxidation sites excluding steroid dienone is 1. The van der Waals surface area contributed by atoms with Gasteiger partial charge >= 0.3 is 30.4 Å². The first-order valence-electron chi connectivity index (χ1n) is 44.5. The number of benzene rings is 4. The van der Waals surface area contributed by atoms with Gasteiger partial charge in [-0.25, -0.2) is 13.1 Å². The summed E-state index contributed by atoms with van der Waals surface area (Å²) < 4.78 is 108. The van der Waals surface area contributed by atoms with Crippen LogP contribution >= 0.6 is 23.2 Å². The van der Waals surface area contributed by atoms with Gasteiger partial charge in [0.1, 0.15) is 49.4 Å². The summed E-state index contributed by atoms with van der Waals surface area (Å²) in [5.74, 6) is 2.25. The number of rotatable bonds is 24. The number of amides is 3. The molecule has 6 fully saturated rings. The van der Waals surface area contributed by atoms with E-state index in [4.69, 9.17) is 85.2 Å². The summed E-state index contributed by atoms with van der Waals surface area (Å²) in [7, 11) is 7.93. The highest BCUT2D eigenvalue weighted by Crippen LogP contribution is 2.46. The lowest BCUT2D eigenvalue weighted by molar-refractivity contribution is -0.137. The number of nitrogens with zero attached hydrogens (tertiary/aromatic N) is 20. The molecule has 0 N–H and O–H groups in total. The highest BCUT2D eigenvalue weighted by atomic mass is 35.5. The van der Waals surface area contributed by atoms with Gasteiger partial charge in [0.2, 0.25) is 30.8 Å². The number of anilines is 6. The van der Waals surface area contributed by atoms with Crippen LogP contribution in [0.2, 0.25) is 10.0 Å². The van der Waals surface area contributed by atoms with Crippen LogP contribution < -0.4 is 43.6 Å². The van der Waals surface area contributed by atoms with Gasteiger partial charge in [-0.2, -0.15) is 56.2 Å². The van der Waals surface area contributed by atoms with Crippen LogP contribution in [-0.2, 0) is 70.4 Å². The Morgan fingerprint density at radius 1 is 0.473 bits per heavy atom. The molecule has 4 aromatic carbocycles. The number of piperazine rings is 3. The Morgan fingerprint density at radius 2 is 0.845 bits per heavy atom. The van der Waals surface area contributed by atoms with Crippen molar-refractivity contribution >= 4 is 86.2 Å². The number of halogens is 8. The van der Waals surface area contributed by atoms with Crippen molar-refractivity contribution in [2.75, 3.05) is 195 Å². The summed E-state index contributed by atoms with van der Waals surface area (Å²) in [6.07, 6.45) is 5.79. The van der Waals surface area contributed by atoms with E-state index in [1.165, 1.54) is 77.0 Å². The minimum atomic E-state index is -4.62. The minimum absolute atomic E-state index is 0.00420. The number of likely N-dealkylation sites (tertiary alicyclic amines) is 3. The molecule has 0 saturated carbocycles. The average molecular weight is 1820 g/mol. The van der Waals surface area contributed by atoms with E-state index in [0.717, 1.165) is 93.8 Å². The van der Waals surface area contributed by atoms with Crippen LogP contribution in [-0.4, -0.2) is 279 Å². The second-order valence-electron chi connectivity index (χ2n) is 34.8. The van der Waals surface area contributed by atoms with E-state index in [9.17, 15) is 40.7 Å². The second kappa shape index (κ2) is 42.4. The van der Waals surface area contributed by atoms with Crippen molar-refractivity contribution < 1.29 is 59.7 Å². The van der Waals surface area contributed by atoms with Gasteiger partial charge < -0.3 is 87.4 Å². The number of fused-ring (bicyclic) bond motifs is 4. The number of carbonyl (C=O) groups is 3. The zero-order valence-corrected chi connectivity index (χ0v) is 75.6. The third-order valence-corrected chi connectivity index (χ3v) is 26.6. The molecule has 688 valence electrons. The summed E-state index contributed by atoms with van der Waals surface area (Å²) in [5.41, 5.74) is 4.55. The molecular weight excluding hydrogens is 1710 g/mol. The number of hydrogen-bond acceptors (Lipinski definition) is 22. The monoisotopic (exact) mass is 1820 g/mol. The lowest BCUT2D eigenvalue weighted by Gasteiger charge is -2.42. The van der Waals surface area contributed by atoms with E-state index >= 15 is 0 Å². The molecule has 9 aliphatic heterocycles. The summed E-state index contributed by atoms with van der Waals surface area (Å²) in [6.45, 7) is 38.5. The maximum absolute atomic E-state index is 14.1. The Hall–Kier alpha value is -10.8. The van der Waals surface area contributed by atoms with Gasteiger partial charge in [-0.1, -0.05) is 105 Å². The normalized spacial score (nSPS) is 21.1. The number of carbonyl (C=O) groups excluding carboxylic acids is 3. The number of ether oxygens (including phenoxy) is 4. The van der Waals surface area contributed by atoms with E-state index in [1.807, 2.05) is 22.9 Å². The fourth-order valence-electron chi connectivity index (χ4n) is 19.1. The summed E-state index contributed by atoms with van der Waals surface area (Å²) >= 11 is 12.1. The Kier molecular flexibility index (Phi) is 31.0. The molecule has 1 unspecified atom stereocenters. The van der Waals surface area contributed by atoms with E-state index in [2.05, 4.69) is 123 Å². The largest absolute Gasteiger partial charge is 0.462 e. The van der Waals surface area contributed by atoms with Gasteiger partial charge in [0.25, 0.3) is 0 Å². The van der Waals surface area contributed by atoms with E-state index < -0.39 is 23.5 Å². The predicted molar refractivity (Wildman–Crippen MR) is 488 cm³/mol. The number of methoxy groups -OCH3 is 1. The highest BCUT2D eigenvalue weighted by molar-refractivity contribution is 6.32. The lowest BCUT2D eigenvalue weighted by Crippen LogP contribution is -2.57. The Bertz CT molecular complexity index is 5290. The van der Waals surface area contributed by atoms with Crippen molar-refractivity contribution in [1.82, 2.24) is 59.3 Å². The zero-order valence-electron chi connectivity index (χ0n) is 74.1. The number of likely N-dealkylation sites (N-methyl/N-ethyl adjacent to an activating group) is 3. The van der Waals surface area contributed by atoms with Crippen molar-refractivity contribution in [3.8, 4) is 18.0 Å². The summed E-state index contributed by atoms with van der Waals surface area (Å²) in [6, 6.07) is 24.3. The predicted octanol–water partition coefficient (Wildman–Crippen LogP) is 13.5. The molecule has 6 saturated heterocycles. The molecule has 12 heterocycles. The summed E-state index contributed by atoms with van der Waals surface area (Å²) in [5, 5.41) is 1.79. The Balaban J connectivity index is 0.000000157. The van der Waals surface area contributed by atoms with Gasteiger partial charge in [0.15, 0.2) is 0 Å². The van der Waals surface area contributed by atoms with Crippen LogP contribution in [0.5, 0.6) is 18.0 Å². The molecule has 129 heavy (non-hydrogen) atoms. The fourth-order valence-corrected chi connectivity index (χ4v) is 19.6. The number of hydrogen-bond donors (Lipinski definition) is 0. The number of alkyl halides is 6. The van der Waals surface area contributed by atoms with E-state index in [0.29, 0.717) is 159 Å². The molecule has 7 aromatic rings. The minimum Gasteiger partial charge on any atom is -0.462 e. The van der Waals surface area contributed by atoms with Crippen LogP contribution in [0.3, 0.4) is 0 Å². The fraction of sp³-hybridized carbons (Fsp3) is 0.521. The molecule has 0 spiro atoms. The number of aromatic nitrogens is 6. The van der Waals surface area contributed by atoms with Crippen molar-refractivity contribution in [2.45, 2.75) is 146 Å². The van der Waals surface area contributed by atoms with Crippen LogP contribution in [0.25, 0.3) is 20.5 Å². The van der Waals surface area contributed by atoms with Crippen LogP contribution in [0.1, 0.15) is 104 Å². The third kappa shape index (κ3) is 22.3. The van der Waals surface area contributed by atoms with Gasteiger partial charge in [0.05, 0.1) is 81.9 Å². The molecule has 35 heteroatoms. The lowest BCUT2D eigenvalue weighted by atomic mass is 10.0. The highest BCUT2D eigenvalue weighted by Gasteiger charge is 2.44. The van der Waals surface area contributed by atoms with Crippen LogP contribution in [0, 0.1) is 19.1 Å². The smallest absolute Gasteiger partial charge is 0.419 e. The molecule has 27 nitrogen and oxygen atoms in total. The van der Waals surface area contributed by atoms with E-state index in [1.54, 1.807) is 32.8 Å². The Labute approximate surface area is 760 Å². The summed E-state index contributed by atoms with van der Waals surface area (Å²) in [4.78, 5) is 98.6. The first kappa shape index (κ1) is 94.3. The average Bonchev–Trinajstić information content (AvgIpc) is 0.836. The molecule has 6 atom stereocenters. The van der Waals surface area contributed by atoms with Crippen molar-refractivity contribution in [1.29, 1.82) is 0 Å². The quantitative estimate of drug-likeness (QED) is 0.0312. The molecular formula is C94H114Cl2F6N20O7. The Morgan fingerprint density at radius 3 is 1.22 bits per heavy atom. The van der Waals surface area contributed by atoms with Crippen LogP contribution in [0.15, 0.2) is 116 Å². The van der Waals surface area contributed by atoms with Gasteiger partial charge in [-0.15, -0.1) is 0 Å². The van der Waals surface area contributed by atoms with Crippen molar-refractivity contribution in [3.63, 3.8) is 0 Å². The molecule has 3 aromatic heterocycles. The third-order valence-electron chi connectivity index (χ3n) is 26.0. The van der Waals surface area contributed by atoms with E-state index in [-0.39, 0.29) is 108 Å². The first-order chi connectivity index (χ1) is 62.1. The molecule has 0 radical (unpaired) electrons. The van der Waals surface area contributed by atoms with Crippen molar-refractivity contribution in [3.05, 3.63) is 194 Å². The standard InChI is InChI=1S/C33H41ClF3N7O2.C32H40N6O3.C29H33ClF3N7O2/c1-22(2)8-5-12-29(45)44-17-16-43(19-24(44)18-38-3)31-25-13-15-42(28-11-6-10-26(34)30(28)33(35,36)37)20-27(25)39-32(40-31)46-21-23-9-7-14-41(23)4;1-4-30(39)38-18-17-37(19-25(38)21-40-3)31-27-14-16-36(29-13-7-10-23-9-5-6-12-26(23)29)20-28(27)33-32(34-31)41-22-24-11-8-15-35(24)2;1-4-25(41)40-14-13-39(16-20(40)15-34-2)27-21-10-12-38(24-9-5-8-22(30)26(24)29(31,32)33)17-23(21)35-28(36-27)42-18-19-7-6-11-37(19)3/h5-6,10-12,22-24H,7-9,13-21H2,1-2,4H3;4-7,9-10,12-13,24-25H,1,8,11,14-22H2,2-3H3;4-5,8-9,19-20H,1,6-7,10-18H2,3H3/b12-5+;;/t23-,24-;24-,25?;19-,20-/m000/s1.